The van der Waals surface area contributed by atoms with Gasteiger partial charge in [0.15, 0.2) is 0 Å². The number of alkyl halides is 2. The fourth-order valence-electron chi connectivity index (χ4n) is 3.14. The van der Waals surface area contributed by atoms with Gasteiger partial charge in [0.2, 0.25) is 0 Å². The Hall–Kier alpha value is -3.93. The SMILES string of the molecule is N#Cc1ccc(N2Cc3c(ccnc3-c3ccc(F)cc3OC(F)F)C2=O)nc1. The van der Waals surface area contributed by atoms with Crippen molar-refractivity contribution in [2.24, 2.45) is 0 Å². The summed E-state index contributed by atoms with van der Waals surface area (Å²) in [5, 5.41) is 8.89. The topological polar surface area (TPSA) is 79.1 Å². The molecule has 0 fully saturated rings. The molecule has 0 saturated heterocycles. The fourth-order valence-corrected chi connectivity index (χ4v) is 3.14. The molecule has 0 radical (unpaired) electrons. The van der Waals surface area contributed by atoms with Gasteiger partial charge in [0.1, 0.15) is 23.5 Å². The quantitative estimate of drug-likeness (QED) is 0.668. The van der Waals surface area contributed by atoms with Crippen LogP contribution in [0.3, 0.4) is 0 Å². The Kier molecular flexibility index (Phi) is 4.60. The molecule has 0 N–H and O–H groups in total. The molecule has 9 heteroatoms. The smallest absolute Gasteiger partial charge is 0.387 e. The van der Waals surface area contributed by atoms with Crippen LogP contribution in [0.5, 0.6) is 5.75 Å². The van der Waals surface area contributed by atoms with E-state index < -0.39 is 12.4 Å². The predicted octanol–water partition coefficient (Wildman–Crippen LogP) is 3.92. The number of rotatable bonds is 4. The van der Waals surface area contributed by atoms with Crippen LogP contribution in [0.2, 0.25) is 0 Å². The Morgan fingerprint density at radius 2 is 1.97 bits per heavy atom. The van der Waals surface area contributed by atoms with Crippen LogP contribution in [-0.2, 0) is 6.54 Å². The monoisotopic (exact) mass is 396 g/mol. The van der Waals surface area contributed by atoms with Crippen LogP contribution in [0.4, 0.5) is 19.0 Å². The molecule has 2 aromatic heterocycles. The van der Waals surface area contributed by atoms with Gasteiger partial charge in [0.05, 0.1) is 17.8 Å². The molecule has 0 unspecified atom stereocenters. The van der Waals surface area contributed by atoms with Gasteiger partial charge in [-0.25, -0.2) is 9.37 Å². The minimum atomic E-state index is -3.15. The van der Waals surface area contributed by atoms with E-state index in [1.807, 2.05) is 6.07 Å². The Balaban J connectivity index is 1.77. The summed E-state index contributed by atoms with van der Waals surface area (Å²) >= 11 is 0. The molecule has 0 atom stereocenters. The Morgan fingerprint density at radius 1 is 1.14 bits per heavy atom. The van der Waals surface area contributed by atoms with Crippen molar-refractivity contribution in [3.05, 3.63) is 71.3 Å². The zero-order valence-corrected chi connectivity index (χ0v) is 14.6. The molecular weight excluding hydrogens is 385 g/mol. The van der Waals surface area contributed by atoms with E-state index in [-0.39, 0.29) is 29.5 Å². The van der Waals surface area contributed by atoms with Crippen LogP contribution in [-0.4, -0.2) is 22.5 Å². The normalized spacial score (nSPS) is 12.8. The van der Waals surface area contributed by atoms with E-state index in [1.165, 1.54) is 35.5 Å². The number of carbonyl (C=O) groups excluding carboxylic acids is 1. The number of nitrogens with zero attached hydrogens (tertiary/aromatic N) is 4. The summed E-state index contributed by atoms with van der Waals surface area (Å²) < 4.78 is 43.5. The van der Waals surface area contributed by atoms with Crippen molar-refractivity contribution < 1.29 is 22.7 Å². The zero-order valence-electron chi connectivity index (χ0n) is 14.6. The average molecular weight is 396 g/mol. The minimum Gasteiger partial charge on any atom is -0.434 e. The third kappa shape index (κ3) is 3.36. The van der Waals surface area contributed by atoms with Crippen LogP contribution in [0.15, 0.2) is 48.8 Å². The highest BCUT2D eigenvalue weighted by atomic mass is 19.3. The third-order valence-electron chi connectivity index (χ3n) is 4.42. The van der Waals surface area contributed by atoms with Crippen LogP contribution < -0.4 is 9.64 Å². The van der Waals surface area contributed by atoms with Crippen molar-refractivity contribution in [3.8, 4) is 23.1 Å². The van der Waals surface area contributed by atoms with Gasteiger partial charge < -0.3 is 4.74 Å². The van der Waals surface area contributed by atoms with Crippen LogP contribution in [0.25, 0.3) is 11.3 Å². The van der Waals surface area contributed by atoms with E-state index >= 15 is 0 Å². The van der Waals surface area contributed by atoms with E-state index in [2.05, 4.69) is 14.7 Å². The van der Waals surface area contributed by atoms with E-state index in [1.54, 1.807) is 6.07 Å². The second-order valence-electron chi connectivity index (χ2n) is 6.11. The van der Waals surface area contributed by atoms with Crippen LogP contribution in [0, 0.1) is 17.1 Å². The first-order chi connectivity index (χ1) is 14.0. The second kappa shape index (κ2) is 7.24. The van der Waals surface area contributed by atoms with Crippen LogP contribution in [0.1, 0.15) is 21.5 Å². The average Bonchev–Trinajstić information content (AvgIpc) is 3.05. The number of benzene rings is 1. The van der Waals surface area contributed by atoms with Gasteiger partial charge in [-0.1, -0.05) is 0 Å². The van der Waals surface area contributed by atoms with Crippen molar-refractivity contribution >= 4 is 11.7 Å². The van der Waals surface area contributed by atoms with Crippen molar-refractivity contribution in [1.29, 1.82) is 5.26 Å². The lowest BCUT2D eigenvalue weighted by Crippen LogP contribution is -2.23. The largest absolute Gasteiger partial charge is 0.434 e. The van der Waals surface area contributed by atoms with E-state index in [9.17, 15) is 18.0 Å². The summed E-state index contributed by atoms with van der Waals surface area (Å²) in [7, 11) is 0. The maximum atomic E-state index is 13.6. The van der Waals surface area contributed by atoms with Gasteiger partial charge >= 0.3 is 6.61 Å². The molecule has 3 aromatic rings. The molecular formula is C20H11F3N4O2. The summed E-state index contributed by atoms with van der Waals surface area (Å²) in [6.07, 6.45) is 2.72. The highest BCUT2D eigenvalue weighted by Crippen LogP contribution is 2.37. The number of amides is 1. The summed E-state index contributed by atoms with van der Waals surface area (Å²) in [6, 6.07) is 9.77. The Morgan fingerprint density at radius 3 is 2.66 bits per heavy atom. The highest BCUT2D eigenvalue weighted by Gasteiger charge is 2.32. The molecule has 3 heterocycles. The van der Waals surface area contributed by atoms with Crippen molar-refractivity contribution in [2.75, 3.05) is 4.90 Å². The molecule has 1 aliphatic heterocycles. The number of hydrogen-bond acceptors (Lipinski definition) is 5. The van der Waals surface area contributed by atoms with Crippen LogP contribution >= 0.6 is 0 Å². The number of carbonyl (C=O) groups is 1. The molecule has 0 bridgehead atoms. The molecule has 144 valence electrons. The predicted molar refractivity (Wildman–Crippen MR) is 95.7 cm³/mol. The van der Waals surface area contributed by atoms with E-state index in [4.69, 9.17) is 5.26 Å². The molecule has 1 amide bonds. The van der Waals surface area contributed by atoms with Crippen molar-refractivity contribution in [2.45, 2.75) is 13.2 Å². The summed E-state index contributed by atoms with van der Waals surface area (Å²) in [5.41, 5.74) is 1.54. The molecule has 6 nitrogen and oxygen atoms in total. The number of anilines is 1. The molecule has 0 saturated carbocycles. The summed E-state index contributed by atoms with van der Waals surface area (Å²) in [4.78, 5) is 22.6. The zero-order chi connectivity index (χ0) is 20.5. The summed E-state index contributed by atoms with van der Waals surface area (Å²) in [5.74, 6) is -1.13. The first kappa shape index (κ1) is 18.4. The number of pyridine rings is 2. The van der Waals surface area contributed by atoms with Gasteiger partial charge in [-0.2, -0.15) is 14.0 Å². The maximum Gasteiger partial charge on any atom is 0.387 e. The minimum absolute atomic E-state index is 0.0851. The number of aromatic nitrogens is 2. The van der Waals surface area contributed by atoms with E-state index in [0.29, 0.717) is 22.5 Å². The second-order valence-corrected chi connectivity index (χ2v) is 6.11. The molecule has 1 aliphatic rings. The first-order valence-electron chi connectivity index (χ1n) is 8.38. The fraction of sp³-hybridized carbons (Fsp3) is 0.100. The maximum absolute atomic E-state index is 13.6. The number of nitriles is 1. The number of halogens is 3. The lowest BCUT2D eigenvalue weighted by atomic mass is 10.0. The molecule has 0 aliphatic carbocycles. The van der Waals surface area contributed by atoms with Gasteiger partial charge in [-0.05, 0) is 30.3 Å². The lowest BCUT2D eigenvalue weighted by molar-refractivity contribution is -0.0496. The Bertz CT molecular complexity index is 1140. The summed E-state index contributed by atoms with van der Waals surface area (Å²) in [6.45, 7) is -3.06. The van der Waals surface area contributed by atoms with E-state index in [0.717, 1.165) is 12.1 Å². The van der Waals surface area contributed by atoms with Gasteiger partial charge in [-0.3, -0.25) is 14.7 Å². The molecule has 4 rings (SSSR count). The van der Waals surface area contributed by atoms with Gasteiger partial charge in [-0.15, -0.1) is 0 Å². The standard InChI is InChI=1S/C20H11F3N4O2/c21-12-2-3-14(16(7-12)29-20(22)23)18-15-10-27(19(28)13(15)5-6-25-18)17-4-1-11(8-24)9-26-17/h1-7,9,20H,10H2. The third-order valence-corrected chi connectivity index (χ3v) is 4.42. The lowest BCUT2D eigenvalue weighted by Gasteiger charge is -2.15. The highest BCUT2D eigenvalue weighted by molar-refractivity contribution is 6.10. The first-order valence-corrected chi connectivity index (χ1v) is 8.38. The Labute approximate surface area is 162 Å². The van der Waals surface area contributed by atoms with Crippen molar-refractivity contribution in [3.63, 3.8) is 0 Å². The number of fused-ring (bicyclic) bond motifs is 1. The molecule has 0 spiro atoms. The van der Waals surface area contributed by atoms with Gasteiger partial charge in [0, 0.05) is 35.2 Å². The number of ether oxygens (including phenoxy) is 1. The number of hydrogen-bond donors (Lipinski definition) is 0. The van der Waals surface area contributed by atoms with Gasteiger partial charge in [0.25, 0.3) is 5.91 Å². The van der Waals surface area contributed by atoms with Crippen molar-refractivity contribution in [1.82, 2.24) is 9.97 Å². The molecule has 29 heavy (non-hydrogen) atoms. The molecule has 1 aromatic carbocycles.